The van der Waals surface area contributed by atoms with Crippen LogP contribution in [0, 0.1) is 0 Å². The molecule has 3 heteroatoms. The van der Waals surface area contributed by atoms with E-state index >= 15 is 0 Å². The zero-order valence-electron chi connectivity index (χ0n) is 9.36. The van der Waals surface area contributed by atoms with Gasteiger partial charge in [-0.1, -0.05) is 0 Å². The molecule has 1 atom stereocenters. The number of likely N-dealkylation sites (N-methyl/N-ethyl adjacent to an activating group) is 1. The van der Waals surface area contributed by atoms with Crippen LogP contribution in [0.25, 0.3) is 0 Å². The van der Waals surface area contributed by atoms with Gasteiger partial charge in [-0.2, -0.15) is 0 Å². The van der Waals surface area contributed by atoms with Crippen molar-refractivity contribution in [1.29, 1.82) is 0 Å². The van der Waals surface area contributed by atoms with E-state index in [4.69, 9.17) is 4.74 Å². The lowest BCUT2D eigenvalue weighted by Crippen LogP contribution is -2.23. The van der Waals surface area contributed by atoms with Crippen molar-refractivity contribution in [3.05, 3.63) is 24.3 Å². The number of anilines is 1. The van der Waals surface area contributed by atoms with Gasteiger partial charge in [0.25, 0.3) is 0 Å². The van der Waals surface area contributed by atoms with Gasteiger partial charge >= 0.3 is 0 Å². The number of hydrogen-bond donors (Lipinski definition) is 1. The van der Waals surface area contributed by atoms with Gasteiger partial charge < -0.3 is 15.0 Å². The van der Waals surface area contributed by atoms with E-state index in [9.17, 15) is 0 Å². The highest BCUT2D eigenvalue weighted by atomic mass is 16.5. The molecule has 3 nitrogen and oxygen atoms in total. The van der Waals surface area contributed by atoms with Crippen molar-refractivity contribution in [2.24, 2.45) is 0 Å². The standard InChI is InChI=1S/C12H18N2O/c1-14-8-7-11(9-14)13-10-3-5-12(15-2)6-4-10/h3-6,11,13H,7-9H2,1-2H3. The van der Waals surface area contributed by atoms with Gasteiger partial charge in [0.1, 0.15) is 5.75 Å². The topological polar surface area (TPSA) is 24.5 Å². The smallest absolute Gasteiger partial charge is 0.119 e. The third-order valence-electron chi connectivity index (χ3n) is 2.85. The van der Waals surface area contributed by atoms with Crippen LogP contribution in [0.3, 0.4) is 0 Å². The van der Waals surface area contributed by atoms with E-state index in [0.717, 1.165) is 12.3 Å². The highest BCUT2D eigenvalue weighted by Gasteiger charge is 2.18. The fraction of sp³-hybridized carbons (Fsp3) is 0.500. The monoisotopic (exact) mass is 206 g/mol. The van der Waals surface area contributed by atoms with Gasteiger partial charge in [-0.3, -0.25) is 0 Å². The minimum absolute atomic E-state index is 0.586. The maximum Gasteiger partial charge on any atom is 0.119 e. The lowest BCUT2D eigenvalue weighted by atomic mass is 10.2. The van der Waals surface area contributed by atoms with Gasteiger partial charge in [0.2, 0.25) is 0 Å². The van der Waals surface area contributed by atoms with E-state index in [-0.39, 0.29) is 0 Å². The molecule has 1 fully saturated rings. The van der Waals surface area contributed by atoms with E-state index < -0.39 is 0 Å². The first-order valence-electron chi connectivity index (χ1n) is 5.37. The number of benzene rings is 1. The molecule has 2 rings (SSSR count). The lowest BCUT2D eigenvalue weighted by Gasteiger charge is -2.14. The highest BCUT2D eigenvalue weighted by molar-refractivity contribution is 5.47. The van der Waals surface area contributed by atoms with Crippen molar-refractivity contribution < 1.29 is 4.74 Å². The Morgan fingerprint density at radius 2 is 2.07 bits per heavy atom. The summed E-state index contributed by atoms with van der Waals surface area (Å²) in [6, 6.07) is 8.69. The third-order valence-corrected chi connectivity index (χ3v) is 2.85. The van der Waals surface area contributed by atoms with E-state index in [1.807, 2.05) is 12.1 Å². The molecule has 1 aromatic carbocycles. The van der Waals surface area contributed by atoms with Crippen molar-refractivity contribution in [2.45, 2.75) is 12.5 Å². The van der Waals surface area contributed by atoms with Crippen LogP contribution < -0.4 is 10.1 Å². The number of rotatable bonds is 3. The predicted molar refractivity (Wildman–Crippen MR) is 62.5 cm³/mol. The molecule has 1 N–H and O–H groups in total. The van der Waals surface area contributed by atoms with E-state index in [1.54, 1.807) is 7.11 Å². The van der Waals surface area contributed by atoms with Crippen molar-refractivity contribution in [3.63, 3.8) is 0 Å². The Kier molecular flexibility index (Phi) is 3.11. The molecular weight excluding hydrogens is 188 g/mol. The first-order valence-corrected chi connectivity index (χ1v) is 5.37. The Bertz CT molecular complexity index is 310. The molecule has 0 aliphatic carbocycles. The molecule has 0 aromatic heterocycles. The maximum atomic E-state index is 5.12. The number of nitrogens with zero attached hydrogens (tertiary/aromatic N) is 1. The summed E-state index contributed by atoms with van der Waals surface area (Å²) in [6.45, 7) is 2.32. The Labute approximate surface area is 91.0 Å². The van der Waals surface area contributed by atoms with Gasteiger partial charge in [-0.15, -0.1) is 0 Å². The average Bonchev–Trinajstić information content (AvgIpc) is 2.65. The molecule has 1 aliphatic heterocycles. The average molecular weight is 206 g/mol. The Morgan fingerprint density at radius 3 is 2.60 bits per heavy atom. The molecule has 1 heterocycles. The van der Waals surface area contributed by atoms with Crippen molar-refractivity contribution in [1.82, 2.24) is 4.90 Å². The summed E-state index contributed by atoms with van der Waals surface area (Å²) in [5.41, 5.74) is 1.18. The van der Waals surface area contributed by atoms with Crippen molar-refractivity contribution in [3.8, 4) is 5.75 Å². The molecule has 0 bridgehead atoms. The molecule has 1 saturated heterocycles. The van der Waals surface area contributed by atoms with Crippen LogP contribution in [0.4, 0.5) is 5.69 Å². The first kappa shape index (κ1) is 10.3. The molecule has 0 saturated carbocycles. The van der Waals surface area contributed by atoms with Crippen LogP contribution in [-0.4, -0.2) is 38.2 Å². The van der Waals surface area contributed by atoms with E-state index in [1.165, 1.54) is 18.7 Å². The van der Waals surface area contributed by atoms with E-state index in [0.29, 0.717) is 6.04 Å². The van der Waals surface area contributed by atoms with Crippen molar-refractivity contribution >= 4 is 5.69 Å². The van der Waals surface area contributed by atoms with Crippen LogP contribution in [0.2, 0.25) is 0 Å². The number of hydrogen-bond acceptors (Lipinski definition) is 3. The lowest BCUT2D eigenvalue weighted by molar-refractivity contribution is 0.413. The van der Waals surface area contributed by atoms with Gasteiger partial charge in [-0.05, 0) is 44.3 Å². The van der Waals surface area contributed by atoms with Gasteiger partial charge in [0, 0.05) is 18.3 Å². The molecule has 0 radical (unpaired) electrons. The third kappa shape index (κ3) is 2.63. The van der Waals surface area contributed by atoms with Crippen LogP contribution in [0.5, 0.6) is 5.75 Å². The number of nitrogens with one attached hydrogen (secondary N) is 1. The second kappa shape index (κ2) is 4.53. The van der Waals surface area contributed by atoms with E-state index in [2.05, 4.69) is 29.4 Å². The molecule has 15 heavy (non-hydrogen) atoms. The Balaban J connectivity index is 1.93. The van der Waals surface area contributed by atoms with Crippen LogP contribution in [-0.2, 0) is 0 Å². The quantitative estimate of drug-likeness (QED) is 0.816. The van der Waals surface area contributed by atoms with Crippen LogP contribution >= 0.6 is 0 Å². The molecule has 1 unspecified atom stereocenters. The van der Waals surface area contributed by atoms with Gasteiger partial charge in [0.05, 0.1) is 7.11 Å². The second-order valence-corrected chi connectivity index (χ2v) is 4.12. The van der Waals surface area contributed by atoms with Gasteiger partial charge in [-0.25, -0.2) is 0 Å². The number of methoxy groups -OCH3 is 1. The SMILES string of the molecule is COc1ccc(NC2CCN(C)C2)cc1. The predicted octanol–water partition coefficient (Wildman–Crippen LogP) is 1.81. The molecule has 0 spiro atoms. The molecule has 82 valence electrons. The zero-order valence-corrected chi connectivity index (χ0v) is 9.36. The Morgan fingerprint density at radius 1 is 1.33 bits per heavy atom. The summed E-state index contributed by atoms with van der Waals surface area (Å²) in [5, 5.41) is 3.53. The first-order chi connectivity index (χ1) is 7.28. The number of ether oxygens (including phenoxy) is 1. The minimum Gasteiger partial charge on any atom is -0.497 e. The summed E-state index contributed by atoms with van der Waals surface area (Å²) in [5.74, 6) is 0.907. The summed E-state index contributed by atoms with van der Waals surface area (Å²) in [4.78, 5) is 2.35. The summed E-state index contributed by atoms with van der Waals surface area (Å²) in [7, 11) is 3.85. The minimum atomic E-state index is 0.586. The molecule has 1 aliphatic rings. The zero-order chi connectivity index (χ0) is 10.7. The second-order valence-electron chi connectivity index (χ2n) is 4.12. The highest BCUT2D eigenvalue weighted by Crippen LogP contribution is 2.18. The van der Waals surface area contributed by atoms with Crippen molar-refractivity contribution in [2.75, 3.05) is 32.6 Å². The fourth-order valence-corrected chi connectivity index (χ4v) is 1.98. The summed E-state index contributed by atoms with van der Waals surface area (Å²) >= 11 is 0. The molecular formula is C12H18N2O. The largest absolute Gasteiger partial charge is 0.497 e. The normalized spacial score (nSPS) is 21.6. The molecule has 0 amide bonds. The Hall–Kier alpha value is -1.22. The fourth-order valence-electron chi connectivity index (χ4n) is 1.98. The summed E-state index contributed by atoms with van der Waals surface area (Å²) < 4.78 is 5.12. The summed E-state index contributed by atoms with van der Waals surface area (Å²) in [6.07, 6.45) is 1.22. The maximum absolute atomic E-state index is 5.12. The van der Waals surface area contributed by atoms with Crippen LogP contribution in [0.1, 0.15) is 6.42 Å². The number of likely N-dealkylation sites (tertiary alicyclic amines) is 1. The molecule has 1 aromatic rings. The van der Waals surface area contributed by atoms with Crippen LogP contribution in [0.15, 0.2) is 24.3 Å². The van der Waals surface area contributed by atoms with Gasteiger partial charge in [0.15, 0.2) is 0 Å².